The first-order chi connectivity index (χ1) is 14.0. The van der Waals surface area contributed by atoms with Gasteiger partial charge in [-0.25, -0.2) is 0 Å². The Labute approximate surface area is 186 Å². The van der Waals surface area contributed by atoms with Gasteiger partial charge in [-0.2, -0.15) is 12.6 Å². The zero-order chi connectivity index (χ0) is 21.2. The second-order valence-electron chi connectivity index (χ2n) is 7.27. The lowest BCUT2D eigenvalue weighted by Crippen LogP contribution is -2.04. The van der Waals surface area contributed by atoms with Crippen molar-refractivity contribution in [2.45, 2.75) is 57.6 Å². The molecule has 0 saturated heterocycles. The lowest BCUT2D eigenvalue weighted by atomic mass is 9.95. The van der Waals surface area contributed by atoms with Gasteiger partial charge in [0.1, 0.15) is 5.00 Å². The van der Waals surface area contributed by atoms with E-state index < -0.39 is 0 Å². The Morgan fingerprint density at radius 1 is 1.21 bits per heavy atom. The third-order valence-electron chi connectivity index (χ3n) is 4.57. The van der Waals surface area contributed by atoms with Crippen LogP contribution in [-0.2, 0) is 12.8 Å². The molecule has 1 aliphatic carbocycles. The highest BCUT2D eigenvalue weighted by molar-refractivity contribution is 7.81. The quantitative estimate of drug-likeness (QED) is 0.211. The van der Waals surface area contributed by atoms with E-state index in [1.165, 1.54) is 64.5 Å². The first-order valence-electron chi connectivity index (χ1n) is 10.4. The maximum Gasteiger partial charge on any atom is 0.100 e. The van der Waals surface area contributed by atoms with E-state index in [2.05, 4.69) is 69.0 Å². The molecule has 0 spiro atoms. The standard InChI is InChI=1S/C16H21NS2.C6H5N.C3H8/c1-4-12(18)10-11(3)17-16-13(5-2)14-8-6-7-9-15(14)19-16;1-2-4-6-5(3-1)7-6;1-3-2/h4-5,12,17-18H,1-3,6-10H2;1-4,7H;3H2,1-2H3. The topological polar surface area (TPSA) is 34.0 Å². The van der Waals surface area contributed by atoms with E-state index >= 15 is 0 Å². The van der Waals surface area contributed by atoms with E-state index in [1.54, 1.807) is 0 Å². The smallest absolute Gasteiger partial charge is 0.100 e. The molecule has 0 fully saturated rings. The van der Waals surface area contributed by atoms with E-state index in [9.17, 15) is 0 Å². The largest absolute Gasteiger partial charge is 0.352 e. The van der Waals surface area contributed by atoms with Crippen LogP contribution in [0.5, 0.6) is 0 Å². The fourth-order valence-corrected chi connectivity index (χ4v) is 4.69. The summed E-state index contributed by atoms with van der Waals surface area (Å²) < 4.78 is 0. The van der Waals surface area contributed by atoms with Gasteiger partial charge >= 0.3 is 0 Å². The van der Waals surface area contributed by atoms with Gasteiger partial charge in [0, 0.05) is 27.8 Å². The van der Waals surface area contributed by atoms with Crippen molar-refractivity contribution in [1.82, 2.24) is 0 Å². The number of nitrogens with one attached hydrogen (secondary N) is 2. The SMILES string of the molecule is C=Cc1c(NC(=C)CC(S)C=C)sc2c1CCCC2.CCC.c1ccc2c(c1)N2. The Balaban J connectivity index is 0.000000244. The monoisotopic (exact) mass is 426 g/mol. The molecule has 2 nitrogen and oxygen atoms in total. The molecule has 0 radical (unpaired) electrons. The molecule has 156 valence electrons. The van der Waals surface area contributed by atoms with Crippen molar-refractivity contribution in [1.29, 1.82) is 0 Å². The summed E-state index contributed by atoms with van der Waals surface area (Å²) in [4.78, 5) is 1.52. The van der Waals surface area contributed by atoms with E-state index in [4.69, 9.17) is 0 Å². The number of hydrogen-bond acceptors (Lipinski definition) is 4. The number of hydrogen-bond donors (Lipinski definition) is 3. The zero-order valence-electron chi connectivity index (χ0n) is 17.8. The maximum atomic E-state index is 4.42. The Hall–Kier alpha value is -1.91. The van der Waals surface area contributed by atoms with Gasteiger partial charge < -0.3 is 10.6 Å². The number of thiophene rings is 1. The van der Waals surface area contributed by atoms with Crippen LogP contribution in [0.2, 0.25) is 0 Å². The molecule has 2 heterocycles. The molecule has 2 aromatic rings. The highest BCUT2D eigenvalue weighted by Gasteiger charge is 2.19. The van der Waals surface area contributed by atoms with Crippen molar-refractivity contribution in [3.63, 3.8) is 0 Å². The van der Waals surface area contributed by atoms with Crippen LogP contribution in [0, 0.1) is 0 Å². The van der Waals surface area contributed by atoms with E-state index in [1.807, 2.05) is 35.6 Å². The fraction of sp³-hybridized carbons (Fsp3) is 0.360. The lowest BCUT2D eigenvalue weighted by molar-refractivity contribution is 0.696. The molecule has 0 bridgehead atoms. The number of fused-ring (bicyclic) bond motifs is 2. The van der Waals surface area contributed by atoms with Gasteiger partial charge in [0.05, 0.1) is 11.4 Å². The summed E-state index contributed by atoms with van der Waals surface area (Å²) in [5.74, 6) is 0. The lowest BCUT2D eigenvalue weighted by Gasteiger charge is -2.12. The Morgan fingerprint density at radius 3 is 2.38 bits per heavy atom. The van der Waals surface area contributed by atoms with Gasteiger partial charge in [-0.05, 0) is 43.4 Å². The van der Waals surface area contributed by atoms with E-state index in [-0.39, 0.29) is 5.25 Å². The number of thiol groups is 1. The second-order valence-corrected chi connectivity index (χ2v) is 9.04. The molecule has 0 amide bonds. The van der Waals surface area contributed by atoms with Crippen LogP contribution < -0.4 is 10.6 Å². The molecule has 2 N–H and O–H groups in total. The minimum Gasteiger partial charge on any atom is -0.352 e. The van der Waals surface area contributed by atoms with E-state index in [0.29, 0.717) is 0 Å². The van der Waals surface area contributed by atoms with Gasteiger partial charge in [-0.15, -0.1) is 17.9 Å². The van der Waals surface area contributed by atoms with Crippen molar-refractivity contribution >= 4 is 46.4 Å². The van der Waals surface area contributed by atoms with Crippen LogP contribution in [-0.4, -0.2) is 5.25 Å². The highest BCUT2D eigenvalue weighted by Crippen LogP contribution is 2.39. The molecule has 4 rings (SSSR count). The predicted octanol–water partition coefficient (Wildman–Crippen LogP) is 8.23. The number of aryl methyl sites for hydroxylation is 1. The first kappa shape index (κ1) is 23.4. The Morgan fingerprint density at radius 2 is 1.83 bits per heavy atom. The first-order valence-corrected chi connectivity index (χ1v) is 11.8. The molecule has 1 unspecified atom stereocenters. The molecule has 1 aliphatic heterocycles. The van der Waals surface area contributed by atoms with Crippen LogP contribution >= 0.6 is 24.0 Å². The number of anilines is 3. The zero-order valence-corrected chi connectivity index (χ0v) is 19.5. The molecular weight excluding hydrogens is 392 g/mol. The molecule has 1 atom stereocenters. The van der Waals surface area contributed by atoms with Crippen molar-refractivity contribution in [3.8, 4) is 0 Å². The number of rotatable bonds is 6. The van der Waals surface area contributed by atoms with Gasteiger partial charge in [-0.1, -0.05) is 57.7 Å². The van der Waals surface area contributed by atoms with Crippen LogP contribution in [0.15, 0.2) is 55.8 Å². The fourth-order valence-electron chi connectivity index (χ4n) is 3.13. The molecular formula is C25H34N2S2. The molecule has 1 aromatic carbocycles. The Kier molecular flexibility index (Phi) is 9.62. The number of para-hydroxylation sites is 2. The van der Waals surface area contributed by atoms with Crippen molar-refractivity contribution < 1.29 is 0 Å². The summed E-state index contributed by atoms with van der Waals surface area (Å²) in [5, 5.41) is 7.88. The summed E-state index contributed by atoms with van der Waals surface area (Å²) >= 11 is 6.28. The predicted molar refractivity (Wildman–Crippen MR) is 137 cm³/mol. The minimum atomic E-state index is 0.154. The van der Waals surface area contributed by atoms with Gasteiger partial charge in [0.25, 0.3) is 0 Å². The van der Waals surface area contributed by atoms with Crippen LogP contribution in [0.3, 0.4) is 0 Å². The molecule has 1 aromatic heterocycles. The summed E-state index contributed by atoms with van der Waals surface area (Å²) in [5.41, 5.74) is 6.31. The molecule has 2 aliphatic rings. The van der Waals surface area contributed by atoms with Gasteiger partial charge in [0.2, 0.25) is 0 Å². The maximum absolute atomic E-state index is 4.42. The third kappa shape index (κ3) is 7.13. The van der Waals surface area contributed by atoms with Crippen LogP contribution in [0.4, 0.5) is 16.4 Å². The minimum absolute atomic E-state index is 0.154. The Bertz CT molecular complexity index is 814. The third-order valence-corrected chi connectivity index (χ3v) is 6.18. The molecule has 29 heavy (non-hydrogen) atoms. The van der Waals surface area contributed by atoms with Crippen molar-refractivity contribution in [3.05, 3.63) is 71.8 Å². The highest BCUT2D eigenvalue weighted by atomic mass is 32.1. The number of benzene rings is 1. The second kappa shape index (κ2) is 11.9. The summed E-state index contributed by atoms with van der Waals surface area (Å²) in [6.45, 7) is 16.0. The van der Waals surface area contributed by atoms with E-state index in [0.717, 1.165) is 12.1 Å². The summed E-state index contributed by atoms with van der Waals surface area (Å²) in [7, 11) is 0. The van der Waals surface area contributed by atoms with Crippen LogP contribution in [0.25, 0.3) is 6.08 Å². The number of allylic oxidation sites excluding steroid dienone is 1. The average molecular weight is 427 g/mol. The molecule has 0 saturated carbocycles. The van der Waals surface area contributed by atoms with Crippen molar-refractivity contribution in [2.75, 3.05) is 10.6 Å². The normalized spacial score (nSPS) is 13.6. The molecule has 4 heteroatoms. The summed E-state index contributed by atoms with van der Waals surface area (Å²) in [6, 6.07) is 8.18. The van der Waals surface area contributed by atoms with Gasteiger partial charge in [-0.3, -0.25) is 0 Å². The summed E-state index contributed by atoms with van der Waals surface area (Å²) in [6.07, 6.45) is 10.8. The van der Waals surface area contributed by atoms with Gasteiger partial charge in [0.15, 0.2) is 0 Å². The average Bonchev–Trinajstić information content (AvgIpc) is 3.42. The van der Waals surface area contributed by atoms with Crippen LogP contribution in [0.1, 0.15) is 55.5 Å². The van der Waals surface area contributed by atoms with Crippen molar-refractivity contribution in [2.24, 2.45) is 0 Å².